The van der Waals surface area contributed by atoms with Crippen LogP contribution in [0.1, 0.15) is 22.6 Å². The summed E-state index contributed by atoms with van der Waals surface area (Å²) in [6.07, 6.45) is 0. The van der Waals surface area contributed by atoms with Gasteiger partial charge in [-0.15, -0.1) is 0 Å². The fraction of sp³-hybridized carbons (Fsp3) is 0.0217. The van der Waals surface area contributed by atoms with Crippen molar-refractivity contribution in [3.8, 4) is 51.0 Å². The van der Waals surface area contributed by atoms with Gasteiger partial charge in [-0.3, -0.25) is 0 Å². The zero-order valence-corrected chi connectivity index (χ0v) is 27.1. The molecule has 1 aliphatic carbocycles. The molecule has 0 aliphatic heterocycles. The van der Waals surface area contributed by atoms with E-state index in [0.29, 0.717) is 17.5 Å². The van der Waals surface area contributed by atoms with E-state index in [9.17, 15) is 0 Å². The first-order chi connectivity index (χ1) is 24.8. The third-order valence-corrected chi connectivity index (χ3v) is 9.95. The molecule has 0 fully saturated rings. The fourth-order valence-corrected chi connectivity index (χ4v) is 7.66. The first-order valence-corrected chi connectivity index (χ1v) is 17.0. The number of fused-ring (bicyclic) bond motifs is 6. The van der Waals surface area contributed by atoms with Crippen LogP contribution >= 0.6 is 0 Å². The summed E-state index contributed by atoms with van der Waals surface area (Å²) in [5.74, 6) is 2.16. The highest BCUT2D eigenvalue weighted by Crippen LogP contribution is 2.48. The minimum atomic E-state index is 0.204. The highest BCUT2D eigenvalue weighted by Gasteiger charge is 2.29. The van der Waals surface area contributed by atoms with Gasteiger partial charge in [0.05, 0.1) is 11.0 Å². The molecule has 50 heavy (non-hydrogen) atoms. The Bertz CT molecular complexity index is 2590. The minimum Gasteiger partial charge on any atom is -0.309 e. The Labute approximate surface area is 290 Å². The van der Waals surface area contributed by atoms with Gasteiger partial charge < -0.3 is 4.57 Å². The van der Waals surface area contributed by atoms with Crippen molar-refractivity contribution < 1.29 is 0 Å². The lowest BCUT2D eigenvalue weighted by molar-refractivity contribution is 1.02. The molecule has 0 spiro atoms. The second-order valence-electron chi connectivity index (χ2n) is 12.8. The number of benzene rings is 7. The van der Waals surface area contributed by atoms with Crippen LogP contribution in [0.3, 0.4) is 0 Å². The summed E-state index contributed by atoms with van der Waals surface area (Å²) in [5.41, 5.74) is 13.0. The molecule has 1 aliphatic rings. The first-order valence-electron chi connectivity index (χ1n) is 17.0. The molecule has 0 radical (unpaired) electrons. The number of para-hydroxylation sites is 1. The molecule has 10 rings (SSSR count). The molecule has 2 heterocycles. The van der Waals surface area contributed by atoms with Gasteiger partial charge in [0, 0.05) is 39.1 Å². The van der Waals surface area contributed by atoms with Gasteiger partial charge in [-0.05, 0) is 70.3 Å². The van der Waals surface area contributed by atoms with Gasteiger partial charge >= 0.3 is 0 Å². The molecule has 0 saturated heterocycles. The molecule has 0 saturated carbocycles. The van der Waals surface area contributed by atoms with E-state index in [4.69, 9.17) is 15.0 Å². The minimum absolute atomic E-state index is 0.204. The van der Waals surface area contributed by atoms with E-state index < -0.39 is 0 Å². The molecule has 2 aromatic heterocycles. The predicted molar refractivity (Wildman–Crippen MR) is 203 cm³/mol. The Morgan fingerprint density at radius 3 is 1.46 bits per heavy atom. The monoisotopic (exact) mass is 638 g/mol. The van der Waals surface area contributed by atoms with E-state index in [1.54, 1.807) is 0 Å². The summed E-state index contributed by atoms with van der Waals surface area (Å²) in [5, 5.41) is 2.49. The lowest BCUT2D eigenvalue weighted by Crippen LogP contribution is -2.01. The van der Waals surface area contributed by atoms with E-state index in [1.165, 1.54) is 49.6 Å². The molecule has 234 valence electrons. The van der Waals surface area contributed by atoms with Crippen LogP contribution < -0.4 is 0 Å². The summed E-state index contributed by atoms with van der Waals surface area (Å²) >= 11 is 0. The lowest BCUT2D eigenvalue weighted by atomic mass is 9.88. The van der Waals surface area contributed by atoms with Crippen molar-refractivity contribution in [2.75, 3.05) is 0 Å². The molecule has 0 N–H and O–H groups in total. The molecule has 4 heteroatoms. The van der Waals surface area contributed by atoms with Crippen LogP contribution in [0.5, 0.6) is 0 Å². The van der Waals surface area contributed by atoms with Gasteiger partial charge in [-0.1, -0.05) is 133 Å². The van der Waals surface area contributed by atoms with Crippen molar-refractivity contribution in [3.63, 3.8) is 0 Å². The van der Waals surface area contributed by atoms with Crippen molar-refractivity contribution in [1.82, 2.24) is 19.5 Å². The van der Waals surface area contributed by atoms with Crippen molar-refractivity contribution in [3.05, 3.63) is 193 Å². The standard InChI is InChI=1S/C46H30N4/c1-3-13-30(14-4-1)44-47-45(31-15-5-2-6-16-31)49-46(48-44)32-23-26-34(27-24-32)50-41-22-12-11-19-37(41)40-29-33(25-28-42(40)50)43-38-20-9-7-17-35(38)36-18-8-10-21-39(36)43/h1-29,43H. The average molecular weight is 639 g/mol. The Hall–Kier alpha value is -6.65. The third-order valence-electron chi connectivity index (χ3n) is 9.95. The smallest absolute Gasteiger partial charge is 0.164 e. The fourth-order valence-electron chi connectivity index (χ4n) is 7.66. The van der Waals surface area contributed by atoms with Crippen molar-refractivity contribution in [2.24, 2.45) is 0 Å². The van der Waals surface area contributed by atoms with Gasteiger partial charge in [0.25, 0.3) is 0 Å². The quantitative estimate of drug-likeness (QED) is 0.188. The number of aromatic nitrogens is 4. The first kappa shape index (κ1) is 28.4. The van der Waals surface area contributed by atoms with E-state index in [2.05, 4.69) is 120 Å². The highest BCUT2D eigenvalue weighted by atomic mass is 15.0. The van der Waals surface area contributed by atoms with Gasteiger partial charge in [-0.2, -0.15) is 0 Å². The van der Waals surface area contributed by atoms with E-state index in [0.717, 1.165) is 22.4 Å². The normalized spacial score (nSPS) is 12.3. The van der Waals surface area contributed by atoms with Crippen LogP contribution in [-0.2, 0) is 0 Å². The Kier molecular flexibility index (Phi) is 6.53. The molecule has 9 aromatic rings. The van der Waals surface area contributed by atoms with Gasteiger partial charge in [0.1, 0.15) is 0 Å². The van der Waals surface area contributed by atoms with Crippen molar-refractivity contribution in [2.45, 2.75) is 5.92 Å². The molecule has 0 bridgehead atoms. The lowest BCUT2D eigenvalue weighted by Gasteiger charge is -2.15. The maximum Gasteiger partial charge on any atom is 0.164 e. The summed E-state index contributed by atoms with van der Waals surface area (Å²) < 4.78 is 2.37. The molecule has 0 atom stereocenters. The average Bonchev–Trinajstić information content (AvgIpc) is 3.71. The number of rotatable bonds is 5. The van der Waals surface area contributed by atoms with E-state index >= 15 is 0 Å². The number of hydrogen-bond donors (Lipinski definition) is 0. The Morgan fingerprint density at radius 2 is 0.860 bits per heavy atom. The molecule has 7 aromatic carbocycles. The molecule has 0 amide bonds. The number of nitrogens with zero attached hydrogens (tertiary/aromatic N) is 4. The van der Waals surface area contributed by atoms with Gasteiger partial charge in [0.2, 0.25) is 0 Å². The maximum absolute atomic E-state index is 4.94. The summed E-state index contributed by atoms with van der Waals surface area (Å²) in [7, 11) is 0. The van der Waals surface area contributed by atoms with Gasteiger partial charge in [0.15, 0.2) is 17.5 Å². The van der Waals surface area contributed by atoms with E-state index in [1.807, 2.05) is 60.7 Å². The topological polar surface area (TPSA) is 43.6 Å². The van der Waals surface area contributed by atoms with Crippen LogP contribution in [0.15, 0.2) is 176 Å². The molecular formula is C46H30N4. The van der Waals surface area contributed by atoms with Crippen molar-refractivity contribution >= 4 is 21.8 Å². The van der Waals surface area contributed by atoms with E-state index in [-0.39, 0.29) is 5.92 Å². The van der Waals surface area contributed by atoms with Crippen LogP contribution in [0.4, 0.5) is 0 Å². The predicted octanol–water partition coefficient (Wildman–Crippen LogP) is 11.1. The SMILES string of the molecule is c1ccc(-c2nc(-c3ccccc3)nc(-c3ccc(-n4c5ccccc5c5cc(C6c7ccccc7-c7ccccc76)ccc54)cc3)n2)cc1. The largest absolute Gasteiger partial charge is 0.309 e. The summed E-state index contributed by atoms with van der Waals surface area (Å²) in [6.45, 7) is 0. The molecule has 4 nitrogen and oxygen atoms in total. The van der Waals surface area contributed by atoms with Crippen LogP contribution in [0.25, 0.3) is 72.8 Å². The second-order valence-corrected chi connectivity index (χ2v) is 12.8. The maximum atomic E-state index is 4.94. The van der Waals surface area contributed by atoms with Crippen LogP contribution in [0.2, 0.25) is 0 Å². The van der Waals surface area contributed by atoms with Crippen LogP contribution in [0, 0.1) is 0 Å². The summed E-state index contributed by atoms with van der Waals surface area (Å²) in [4.78, 5) is 14.7. The number of hydrogen-bond acceptors (Lipinski definition) is 3. The summed E-state index contributed by atoms with van der Waals surface area (Å²) in [6, 6.07) is 62.2. The van der Waals surface area contributed by atoms with Crippen molar-refractivity contribution in [1.29, 1.82) is 0 Å². The zero-order valence-electron chi connectivity index (χ0n) is 27.1. The second kappa shape index (κ2) is 11.5. The highest BCUT2D eigenvalue weighted by molar-refractivity contribution is 6.09. The van der Waals surface area contributed by atoms with Gasteiger partial charge in [-0.25, -0.2) is 15.0 Å². The Morgan fingerprint density at radius 1 is 0.380 bits per heavy atom. The Balaban J connectivity index is 1.09. The molecular weight excluding hydrogens is 609 g/mol. The zero-order chi connectivity index (χ0) is 33.0. The third kappa shape index (κ3) is 4.57. The van der Waals surface area contributed by atoms with Crippen LogP contribution in [-0.4, -0.2) is 19.5 Å². The molecule has 0 unspecified atom stereocenters.